The van der Waals surface area contributed by atoms with Gasteiger partial charge in [0.15, 0.2) is 5.82 Å². The molecule has 10 heteroatoms. The molecule has 1 heterocycles. The fraction of sp³-hybridized carbons (Fsp3) is 0.0667. The first-order valence-electron chi connectivity index (χ1n) is 7.00. The molecule has 0 amide bonds. The van der Waals surface area contributed by atoms with Gasteiger partial charge < -0.3 is 10.3 Å². The molecule has 7 nitrogen and oxygen atoms in total. The van der Waals surface area contributed by atoms with Gasteiger partial charge in [0, 0.05) is 12.6 Å². The van der Waals surface area contributed by atoms with Gasteiger partial charge in [-0.05, 0) is 24.3 Å². The van der Waals surface area contributed by atoms with Gasteiger partial charge in [0.25, 0.3) is 10.0 Å². The summed E-state index contributed by atoms with van der Waals surface area (Å²) in [4.78, 5) is -0.0931. The van der Waals surface area contributed by atoms with E-state index in [9.17, 15) is 8.42 Å². The largest absolute Gasteiger partial charge is 0.396 e. The predicted molar refractivity (Wildman–Crippen MR) is 98.1 cm³/mol. The summed E-state index contributed by atoms with van der Waals surface area (Å²) in [5.74, 6) is 0.520. The van der Waals surface area contributed by atoms with Crippen LogP contribution in [0.25, 0.3) is 11.4 Å². The molecule has 0 atom stereocenters. The number of halogens is 2. The predicted octanol–water partition coefficient (Wildman–Crippen LogP) is 3.17. The zero-order valence-electron chi connectivity index (χ0n) is 12.9. The summed E-state index contributed by atoms with van der Waals surface area (Å²) >= 11 is 11.9. The van der Waals surface area contributed by atoms with Crippen molar-refractivity contribution in [2.24, 2.45) is 7.05 Å². The van der Waals surface area contributed by atoms with Crippen molar-refractivity contribution in [1.82, 2.24) is 14.8 Å². The monoisotopic (exact) mass is 397 g/mol. The van der Waals surface area contributed by atoms with E-state index in [0.29, 0.717) is 17.1 Å². The van der Waals surface area contributed by atoms with Gasteiger partial charge in [0.05, 0.1) is 26.3 Å². The summed E-state index contributed by atoms with van der Waals surface area (Å²) < 4.78 is 29.6. The van der Waals surface area contributed by atoms with Crippen LogP contribution in [0.1, 0.15) is 0 Å². The number of hydrogen-bond donors (Lipinski definition) is 2. The number of anilines is 2. The minimum atomic E-state index is -3.93. The molecule has 3 aromatic rings. The molecular formula is C15H13Cl2N5O2S. The van der Waals surface area contributed by atoms with Gasteiger partial charge in [-0.2, -0.15) is 0 Å². The standard InChI is InChI=1S/C15H13Cl2N5O2S/c1-22-8-19-20-15(22)10-4-2-3-5-13(10)21-25(23,24)9-6-11(16)14(18)12(17)7-9/h2-8,21H,18H2,1H3. The Bertz CT molecular complexity index is 1030. The number of sulfonamides is 1. The number of hydrogen-bond acceptors (Lipinski definition) is 5. The maximum absolute atomic E-state index is 12.7. The van der Waals surface area contributed by atoms with E-state index in [1.807, 2.05) is 0 Å². The van der Waals surface area contributed by atoms with E-state index in [-0.39, 0.29) is 20.6 Å². The lowest BCUT2D eigenvalue weighted by molar-refractivity contribution is 0.601. The van der Waals surface area contributed by atoms with Crippen LogP contribution in [0.5, 0.6) is 0 Å². The molecule has 25 heavy (non-hydrogen) atoms. The minimum Gasteiger partial charge on any atom is -0.396 e. The highest BCUT2D eigenvalue weighted by atomic mass is 35.5. The molecule has 0 fully saturated rings. The van der Waals surface area contributed by atoms with Gasteiger partial charge >= 0.3 is 0 Å². The average Bonchev–Trinajstić information content (AvgIpc) is 2.98. The molecule has 0 aliphatic heterocycles. The second-order valence-electron chi connectivity index (χ2n) is 5.22. The van der Waals surface area contributed by atoms with Crippen molar-refractivity contribution in [3.05, 3.63) is 52.8 Å². The highest BCUT2D eigenvalue weighted by Crippen LogP contribution is 2.33. The Morgan fingerprint density at radius 3 is 2.40 bits per heavy atom. The van der Waals surface area contributed by atoms with Gasteiger partial charge in [-0.25, -0.2) is 8.42 Å². The molecule has 3 N–H and O–H groups in total. The number of aromatic nitrogens is 3. The first-order valence-corrected chi connectivity index (χ1v) is 9.24. The Balaban J connectivity index is 2.05. The summed E-state index contributed by atoms with van der Waals surface area (Å²) in [5, 5.41) is 7.95. The highest BCUT2D eigenvalue weighted by Gasteiger charge is 2.20. The van der Waals surface area contributed by atoms with E-state index < -0.39 is 10.0 Å². The summed E-state index contributed by atoms with van der Waals surface area (Å²) in [7, 11) is -2.17. The number of nitrogens with one attached hydrogen (secondary N) is 1. The molecule has 0 saturated carbocycles. The number of nitrogens with zero attached hydrogens (tertiary/aromatic N) is 3. The lowest BCUT2D eigenvalue weighted by atomic mass is 10.2. The van der Waals surface area contributed by atoms with Crippen LogP contribution < -0.4 is 10.5 Å². The van der Waals surface area contributed by atoms with E-state index in [1.54, 1.807) is 35.9 Å². The lowest BCUT2D eigenvalue weighted by Crippen LogP contribution is -2.14. The topological polar surface area (TPSA) is 103 Å². The maximum atomic E-state index is 12.7. The van der Waals surface area contributed by atoms with Crippen LogP contribution in [-0.2, 0) is 17.1 Å². The van der Waals surface area contributed by atoms with Crippen LogP contribution >= 0.6 is 23.2 Å². The minimum absolute atomic E-state index is 0.0643. The molecule has 0 aliphatic carbocycles. The molecular weight excluding hydrogens is 385 g/mol. The first-order chi connectivity index (χ1) is 11.8. The van der Waals surface area contributed by atoms with Crippen LogP contribution in [0.4, 0.5) is 11.4 Å². The highest BCUT2D eigenvalue weighted by molar-refractivity contribution is 7.92. The van der Waals surface area contributed by atoms with Crippen LogP contribution in [-0.4, -0.2) is 23.2 Å². The Labute approximate surface area is 154 Å². The smallest absolute Gasteiger partial charge is 0.262 e. The summed E-state index contributed by atoms with van der Waals surface area (Å²) in [6.45, 7) is 0. The number of nitrogens with two attached hydrogens (primary N) is 1. The number of rotatable bonds is 4. The fourth-order valence-corrected chi connectivity index (χ4v) is 3.96. The molecule has 0 unspecified atom stereocenters. The summed E-state index contributed by atoms with van der Waals surface area (Å²) in [5.41, 5.74) is 6.71. The van der Waals surface area contributed by atoms with Crippen molar-refractivity contribution >= 4 is 44.6 Å². The maximum Gasteiger partial charge on any atom is 0.262 e. The first kappa shape index (κ1) is 17.5. The molecule has 3 rings (SSSR count). The third-order valence-electron chi connectivity index (χ3n) is 3.49. The number of aryl methyl sites for hydroxylation is 1. The zero-order chi connectivity index (χ0) is 18.2. The molecule has 0 radical (unpaired) electrons. The molecule has 0 spiro atoms. The summed E-state index contributed by atoms with van der Waals surface area (Å²) in [6.07, 6.45) is 1.53. The summed E-state index contributed by atoms with van der Waals surface area (Å²) in [6, 6.07) is 9.35. The SMILES string of the molecule is Cn1cnnc1-c1ccccc1NS(=O)(=O)c1cc(Cl)c(N)c(Cl)c1. The molecule has 1 aromatic heterocycles. The van der Waals surface area contributed by atoms with Crippen molar-refractivity contribution in [3.63, 3.8) is 0 Å². The van der Waals surface area contributed by atoms with E-state index in [4.69, 9.17) is 28.9 Å². The van der Waals surface area contributed by atoms with E-state index in [0.717, 1.165) is 0 Å². The molecule has 0 saturated heterocycles. The second-order valence-corrected chi connectivity index (χ2v) is 7.71. The van der Waals surface area contributed by atoms with Gasteiger partial charge in [0.2, 0.25) is 0 Å². The van der Waals surface area contributed by atoms with Crippen LogP contribution in [0.15, 0.2) is 47.6 Å². The van der Waals surface area contributed by atoms with Crippen LogP contribution in [0, 0.1) is 0 Å². The van der Waals surface area contributed by atoms with Gasteiger partial charge in [-0.15, -0.1) is 10.2 Å². The molecule has 2 aromatic carbocycles. The van der Waals surface area contributed by atoms with E-state index >= 15 is 0 Å². The second kappa shape index (κ2) is 6.55. The Morgan fingerprint density at radius 2 is 1.80 bits per heavy atom. The number of benzene rings is 2. The zero-order valence-corrected chi connectivity index (χ0v) is 15.3. The third kappa shape index (κ3) is 3.41. The normalized spacial score (nSPS) is 11.5. The number of nitrogen functional groups attached to an aromatic ring is 1. The Kier molecular flexibility index (Phi) is 4.59. The van der Waals surface area contributed by atoms with E-state index in [2.05, 4.69) is 14.9 Å². The Morgan fingerprint density at radius 1 is 1.16 bits per heavy atom. The van der Waals surface area contributed by atoms with Crippen molar-refractivity contribution in [2.75, 3.05) is 10.5 Å². The van der Waals surface area contributed by atoms with Crippen molar-refractivity contribution in [2.45, 2.75) is 4.90 Å². The Hall–Kier alpha value is -2.29. The van der Waals surface area contributed by atoms with Crippen molar-refractivity contribution in [3.8, 4) is 11.4 Å². The quantitative estimate of drug-likeness (QED) is 0.657. The molecule has 0 aliphatic rings. The van der Waals surface area contributed by atoms with Crippen molar-refractivity contribution < 1.29 is 8.42 Å². The van der Waals surface area contributed by atoms with Gasteiger partial charge in [-0.3, -0.25) is 4.72 Å². The van der Waals surface area contributed by atoms with E-state index in [1.165, 1.54) is 18.5 Å². The number of para-hydroxylation sites is 1. The lowest BCUT2D eigenvalue weighted by Gasteiger charge is -2.13. The van der Waals surface area contributed by atoms with Gasteiger partial charge in [-0.1, -0.05) is 35.3 Å². The molecule has 0 bridgehead atoms. The molecule has 130 valence electrons. The average molecular weight is 398 g/mol. The van der Waals surface area contributed by atoms with Gasteiger partial charge in [0.1, 0.15) is 6.33 Å². The van der Waals surface area contributed by atoms with Crippen LogP contribution in [0.2, 0.25) is 10.0 Å². The fourth-order valence-electron chi connectivity index (χ4n) is 2.21. The van der Waals surface area contributed by atoms with Crippen molar-refractivity contribution in [1.29, 1.82) is 0 Å². The van der Waals surface area contributed by atoms with Crippen LogP contribution in [0.3, 0.4) is 0 Å². The third-order valence-corrected chi connectivity index (χ3v) is 5.46.